The molecule has 0 saturated carbocycles. The minimum atomic E-state index is -1.06. The van der Waals surface area contributed by atoms with Crippen molar-refractivity contribution in [2.24, 2.45) is 17.6 Å². The summed E-state index contributed by atoms with van der Waals surface area (Å²) in [5.41, 5.74) is 6.83. The van der Waals surface area contributed by atoms with Gasteiger partial charge in [-0.05, 0) is 61.8 Å². The molecule has 2 aliphatic heterocycles. The monoisotopic (exact) mass is 528 g/mol. The SMILES string of the molecule is CN(CCOC(c1cc(F)cc(Cl)c1)[C@@H]1CCCN(C(=O)NC[C@H](N)C[C@H]2CCCOC2)C1)C(=O)O. The van der Waals surface area contributed by atoms with E-state index in [1.165, 1.54) is 19.2 Å². The van der Waals surface area contributed by atoms with Gasteiger partial charge in [0.1, 0.15) is 5.82 Å². The molecule has 4 N–H and O–H groups in total. The van der Waals surface area contributed by atoms with Gasteiger partial charge in [0.25, 0.3) is 0 Å². The third-order valence-electron chi connectivity index (χ3n) is 6.84. The highest BCUT2D eigenvalue weighted by atomic mass is 35.5. The molecule has 1 aromatic rings. The van der Waals surface area contributed by atoms with Crippen LogP contribution in [0.3, 0.4) is 0 Å². The molecule has 0 spiro atoms. The minimum absolute atomic E-state index is 0.106. The summed E-state index contributed by atoms with van der Waals surface area (Å²) in [6, 6.07) is 3.94. The summed E-state index contributed by atoms with van der Waals surface area (Å²) in [6.45, 7) is 3.24. The molecule has 2 saturated heterocycles. The van der Waals surface area contributed by atoms with Crippen molar-refractivity contribution in [2.75, 3.05) is 53.0 Å². The first-order chi connectivity index (χ1) is 17.2. The number of nitrogens with zero attached hydrogens (tertiary/aromatic N) is 2. The topological polar surface area (TPSA) is 117 Å². The molecule has 11 heteroatoms. The molecule has 9 nitrogen and oxygen atoms in total. The first-order valence-corrected chi connectivity index (χ1v) is 13.0. The number of hydrogen-bond acceptors (Lipinski definition) is 5. The number of likely N-dealkylation sites (tertiary alicyclic amines) is 1. The number of carbonyl (C=O) groups is 2. The van der Waals surface area contributed by atoms with Crippen LogP contribution >= 0.6 is 11.6 Å². The lowest BCUT2D eigenvalue weighted by Gasteiger charge is -2.37. The van der Waals surface area contributed by atoms with Crippen LogP contribution in [0.1, 0.15) is 43.8 Å². The normalized spacial score (nSPS) is 22.1. The number of piperidine rings is 1. The zero-order chi connectivity index (χ0) is 26.1. The second-order valence-electron chi connectivity index (χ2n) is 9.81. The molecular formula is C25H38ClFN4O5. The second kappa shape index (κ2) is 14.0. The maximum absolute atomic E-state index is 14.1. The van der Waals surface area contributed by atoms with E-state index in [1.54, 1.807) is 11.0 Å². The molecule has 0 bridgehead atoms. The van der Waals surface area contributed by atoms with Crippen molar-refractivity contribution in [3.63, 3.8) is 0 Å². The quantitative estimate of drug-likeness (QED) is 0.426. The predicted octanol–water partition coefficient (Wildman–Crippen LogP) is 3.71. The van der Waals surface area contributed by atoms with Crippen molar-refractivity contribution in [1.29, 1.82) is 0 Å². The third-order valence-corrected chi connectivity index (χ3v) is 7.06. The molecule has 1 unspecified atom stereocenters. The Morgan fingerprint density at radius 2 is 2.17 bits per heavy atom. The van der Waals surface area contributed by atoms with E-state index in [9.17, 15) is 14.0 Å². The van der Waals surface area contributed by atoms with Crippen LogP contribution in [-0.4, -0.2) is 86.1 Å². The highest BCUT2D eigenvalue weighted by Gasteiger charge is 2.32. The average molecular weight is 529 g/mol. The van der Waals surface area contributed by atoms with Gasteiger partial charge in [0.05, 0.1) is 12.7 Å². The van der Waals surface area contributed by atoms with Gasteiger partial charge >= 0.3 is 12.1 Å². The molecule has 3 rings (SSSR count). The van der Waals surface area contributed by atoms with Crippen LogP contribution in [0.2, 0.25) is 5.02 Å². The number of carboxylic acid groups (broad SMARTS) is 1. The lowest BCUT2D eigenvalue weighted by atomic mass is 9.88. The summed E-state index contributed by atoms with van der Waals surface area (Å²) < 4.78 is 25.7. The Kier molecular flexibility index (Phi) is 11.0. The van der Waals surface area contributed by atoms with Crippen molar-refractivity contribution < 1.29 is 28.6 Å². The Labute approximate surface area is 217 Å². The van der Waals surface area contributed by atoms with E-state index in [1.807, 2.05) is 0 Å². The molecule has 2 fully saturated rings. The van der Waals surface area contributed by atoms with E-state index < -0.39 is 18.0 Å². The number of carbonyl (C=O) groups excluding carboxylic acids is 1. The van der Waals surface area contributed by atoms with Crippen molar-refractivity contribution in [2.45, 2.75) is 44.2 Å². The van der Waals surface area contributed by atoms with Gasteiger partial charge in [-0.25, -0.2) is 14.0 Å². The number of benzene rings is 1. The first kappa shape index (κ1) is 28.4. The molecule has 202 valence electrons. The van der Waals surface area contributed by atoms with E-state index >= 15 is 0 Å². The molecule has 3 amide bonds. The number of amides is 3. The Bertz CT molecular complexity index is 853. The first-order valence-electron chi connectivity index (χ1n) is 12.6. The lowest BCUT2D eigenvalue weighted by Crippen LogP contribution is -2.49. The van der Waals surface area contributed by atoms with Gasteiger partial charge in [0.2, 0.25) is 0 Å². The molecule has 36 heavy (non-hydrogen) atoms. The number of halogens is 2. The van der Waals surface area contributed by atoms with Crippen LogP contribution < -0.4 is 11.1 Å². The number of rotatable bonds is 10. The number of hydrogen-bond donors (Lipinski definition) is 3. The molecule has 0 radical (unpaired) electrons. The molecule has 0 aliphatic carbocycles. The molecule has 1 aromatic carbocycles. The fourth-order valence-electron chi connectivity index (χ4n) is 4.93. The van der Waals surface area contributed by atoms with E-state index in [2.05, 4.69) is 5.32 Å². The predicted molar refractivity (Wildman–Crippen MR) is 135 cm³/mol. The van der Waals surface area contributed by atoms with Crippen molar-refractivity contribution in [3.8, 4) is 0 Å². The van der Waals surface area contributed by atoms with Crippen molar-refractivity contribution >= 4 is 23.7 Å². The van der Waals surface area contributed by atoms with Gasteiger partial charge in [-0.1, -0.05) is 11.6 Å². The highest BCUT2D eigenvalue weighted by Crippen LogP contribution is 2.34. The number of nitrogens with two attached hydrogens (primary N) is 1. The second-order valence-corrected chi connectivity index (χ2v) is 10.2. The fourth-order valence-corrected chi connectivity index (χ4v) is 5.16. The van der Waals surface area contributed by atoms with E-state index in [0.29, 0.717) is 31.1 Å². The van der Waals surface area contributed by atoms with Crippen molar-refractivity contribution in [3.05, 3.63) is 34.6 Å². The average Bonchev–Trinajstić information content (AvgIpc) is 2.85. The maximum Gasteiger partial charge on any atom is 0.407 e. The zero-order valence-corrected chi connectivity index (χ0v) is 21.6. The summed E-state index contributed by atoms with van der Waals surface area (Å²) in [5.74, 6) is -0.150. The Morgan fingerprint density at radius 1 is 1.36 bits per heavy atom. The fraction of sp³-hybridized carbons (Fsp3) is 0.680. The third kappa shape index (κ3) is 8.76. The minimum Gasteiger partial charge on any atom is -0.465 e. The van der Waals surface area contributed by atoms with E-state index in [-0.39, 0.29) is 36.2 Å². The van der Waals surface area contributed by atoms with Gasteiger partial charge in [-0.3, -0.25) is 0 Å². The summed E-state index contributed by atoms with van der Waals surface area (Å²) >= 11 is 6.10. The van der Waals surface area contributed by atoms with Gasteiger partial charge in [0, 0.05) is 63.4 Å². The number of nitrogens with one attached hydrogen (secondary N) is 1. The van der Waals surface area contributed by atoms with Crippen LogP contribution in [0.4, 0.5) is 14.0 Å². The smallest absolute Gasteiger partial charge is 0.407 e. The molecule has 2 aliphatic rings. The molecule has 2 heterocycles. The summed E-state index contributed by atoms with van der Waals surface area (Å²) in [5, 5.41) is 12.3. The van der Waals surface area contributed by atoms with E-state index in [0.717, 1.165) is 50.2 Å². The molecule has 0 aromatic heterocycles. The van der Waals surface area contributed by atoms with Crippen LogP contribution in [0.15, 0.2) is 18.2 Å². The van der Waals surface area contributed by atoms with Gasteiger partial charge in [-0.15, -0.1) is 0 Å². The number of likely N-dealkylation sites (N-methyl/N-ethyl adjacent to an activating group) is 1. The van der Waals surface area contributed by atoms with Gasteiger partial charge < -0.3 is 35.4 Å². The Balaban J connectivity index is 1.59. The Hall–Kier alpha value is -2.14. The summed E-state index contributed by atoms with van der Waals surface area (Å²) in [4.78, 5) is 26.9. The van der Waals surface area contributed by atoms with Crippen LogP contribution in [0, 0.1) is 17.7 Å². The molecule has 4 atom stereocenters. The number of urea groups is 1. The zero-order valence-electron chi connectivity index (χ0n) is 20.8. The summed E-state index contributed by atoms with van der Waals surface area (Å²) in [7, 11) is 1.46. The van der Waals surface area contributed by atoms with Crippen LogP contribution in [0.5, 0.6) is 0 Å². The van der Waals surface area contributed by atoms with Gasteiger partial charge in [0.15, 0.2) is 0 Å². The lowest BCUT2D eigenvalue weighted by molar-refractivity contribution is -0.0155. The van der Waals surface area contributed by atoms with Crippen LogP contribution in [-0.2, 0) is 9.47 Å². The Morgan fingerprint density at radius 3 is 2.86 bits per heavy atom. The standard InChI is InChI=1S/C25H38ClFN4O5/c1-30(25(33)34)7-9-36-23(19-11-20(26)13-21(27)12-19)18-5-2-6-31(15-18)24(32)29-14-22(28)10-17-4-3-8-35-16-17/h11-13,17-18,22-23H,2-10,14-16,28H2,1H3,(H,29,32)(H,33,34)/t17-,18-,22-,23?/m1/s1. The van der Waals surface area contributed by atoms with Crippen LogP contribution in [0.25, 0.3) is 0 Å². The van der Waals surface area contributed by atoms with E-state index in [4.69, 9.17) is 31.9 Å². The van der Waals surface area contributed by atoms with Crippen molar-refractivity contribution in [1.82, 2.24) is 15.1 Å². The summed E-state index contributed by atoms with van der Waals surface area (Å²) in [6.07, 6.45) is 2.90. The molecular weight excluding hydrogens is 491 g/mol. The number of ether oxygens (including phenoxy) is 2. The maximum atomic E-state index is 14.1. The highest BCUT2D eigenvalue weighted by molar-refractivity contribution is 6.30. The van der Waals surface area contributed by atoms with Gasteiger partial charge in [-0.2, -0.15) is 0 Å². The largest absolute Gasteiger partial charge is 0.465 e.